The smallest absolute Gasteiger partial charge is 0.328 e. The summed E-state index contributed by atoms with van der Waals surface area (Å²) in [6.07, 6.45) is 4.48. The molecule has 2 aromatic heterocycles. The summed E-state index contributed by atoms with van der Waals surface area (Å²) < 4.78 is 1.77. The van der Waals surface area contributed by atoms with E-state index in [1.54, 1.807) is 28.3 Å². The molecule has 6 heteroatoms. The van der Waals surface area contributed by atoms with Gasteiger partial charge in [-0.1, -0.05) is 11.6 Å². The quantitative estimate of drug-likeness (QED) is 0.877. The first-order valence-corrected chi connectivity index (χ1v) is 6.48. The third-order valence-corrected chi connectivity index (χ3v) is 3.61. The monoisotopic (exact) mass is 282 g/mol. The lowest BCUT2D eigenvalue weighted by Gasteiger charge is -1.96. The van der Waals surface area contributed by atoms with Gasteiger partial charge in [0.15, 0.2) is 0 Å². The zero-order valence-electron chi connectivity index (χ0n) is 9.63. The summed E-state index contributed by atoms with van der Waals surface area (Å²) in [4.78, 5) is 11.5. The highest BCUT2D eigenvalue weighted by atomic mass is 35.5. The van der Waals surface area contributed by atoms with Crippen LogP contribution in [0.25, 0.3) is 6.08 Å². The van der Waals surface area contributed by atoms with Crippen LogP contribution in [0.4, 0.5) is 0 Å². The largest absolute Gasteiger partial charge is 0.478 e. The molecule has 0 saturated heterocycles. The molecule has 2 aromatic rings. The highest BCUT2D eigenvalue weighted by Gasteiger charge is 2.04. The Morgan fingerprint density at radius 1 is 1.67 bits per heavy atom. The van der Waals surface area contributed by atoms with Gasteiger partial charge in [-0.2, -0.15) is 5.10 Å². The molecule has 0 saturated carbocycles. The normalized spacial score (nSPS) is 11.2. The van der Waals surface area contributed by atoms with Crippen LogP contribution >= 0.6 is 22.9 Å². The van der Waals surface area contributed by atoms with Crippen LogP contribution in [0, 0.1) is 6.92 Å². The molecule has 94 valence electrons. The van der Waals surface area contributed by atoms with E-state index in [0.717, 1.165) is 22.2 Å². The minimum Gasteiger partial charge on any atom is -0.478 e. The third kappa shape index (κ3) is 3.21. The molecule has 0 bridgehead atoms. The molecule has 0 spiro atoms. The first-order valence-electron chi connectivity index (χ1n) is 5.22. The number of nitrogens with zero attached hydrogens (tertiary/aromatic N) is 2. The van der Waals surface area contributed by atoms with Gasteiger partial charge in [0.25, 0.3) is 0 Å². The Hall–Kier alpha value is -1.59. The lowest BCUT2D eigenvalue weighted by Crippen LogP contribution is -1.98. The van der Waals surface area contributed by atoms with E-state index in [1.165, 1.54) is 0 Å². The Morgan fingerprint density at radius 2 is 2.44 bits per heavy atom. The molecule has 4 nitrogen and oxygen atoms in total. The van der Waals surface area contributed by atoms with Crippen LogP contribution in [0.3, 0.4) is 0 Å². The van der Waals surface area contributed by atoms with Crippen molar-refractivity contribution in [2.24, 2.45) is 0 Å². The highest BCUT2D eigenvalue weighted by molar-refractivity contribution is 7.10. The first-order chi connectivity index (χ1) is 8.54. The Labute approximate surface area is 113 Å². The number of rotatable bonds is 4. The molecule has 0 fully saturated rings. The number of carboxylic acid groups (broad SMARTS) is 1. The van der Waals surface area contributed by atoms with Crippen molar-refractivity contribution in [3.05, 3.63) is 44.9 Å². The van der Waals surface area contributed by atoms with Gasteiger partial charge in [-0.15, -0.1) is 11.3 Å². The second-order valence-corrected chi connectivity index (χ2v) is 5.18. The van der Waals surface area contributed by atoms with Gasteiger partial charge in [-0.3, -0.25) is 4.68 Å². The van der Waals surface area contributed by atoms with E-state index in [0.29, 0.717) is 11.6 Å². The van der Waals surface area contributed by atoms with Crippen molar-refractivity contribution in [2.45, 2.75) is 13.5 Å². The molecular weight excluding hydrogens is 272 g/mol. The fourth-order valence-electron chi connectivity index (χ4n) is 1.47. The van der Waals surface area contributed by atoms with Crippen molar-refractivity contribution < 1.29 is 9.90 Å². The molecule has 0 aliphatic carbocycles. The van der Waals surface area contributed by atoms with Crippen LogP contribution in [-0.4, -0.2) is 20.9 Å². The topological polar surface area (TPSA) is 55.1 Å². The molecular formula is C12H11ClN2O2S. The lowest BCUT2D eigenvalue weighted by molar-refractivity contribution is -0.131. The van der Waals surface area contributed by atoms with Gasteiger partial charge in [0.1, 0.15) is 0 Å². The van der Waals surface area contributed by atoms with Gasteiger partial charge in [0.2, 0.25) is 0 Å². The summed E-state index contributed by atoms with van der Waals surface area (Å²) in [6.45, 7) is 2.49. The second kappa shape index (κ2) is 5.37. The number of carboxylic acids is 1. The average Bonchev–Trinajstić information content (AvgIpc) is 2.85. The number of aliphatic carboxylic acids is 1. The maximum absolute atomic E-state index is 10.4. The molecule has 0 radical (unpaired) electrons. The Morgan fingerprint density at radius 3 is 3.06 bits per heavy atom. The number of halogens is 1. The van der Waals surface area contributed by atoms with Crippen molar-refractivity contribution in [1.82, 2.24) is 9.78 Å². The van der Waals surface area contributed by atoms with Crippen LogP contribution in [-0.2, 0) is 11.3 Å². The van der Waals surface area contributed by atoms with Crippen molar-refractivity contribution in [3.8, 4) is 0 Å². The van der Waals surface area contributed by atoms with E-state index >= 15 is 0 Å². The number of hydrogen-bond donors (Lipinski definition) is 1. The average molecular weight is 283 g/mol. The fraction of sp³-hybridized carbons (Fsp3) is 0.167. The maximum Gasteiger partial charge on any atom is 0.328 e. The summed E-state index contributed by atoms with van der Waals surface area (Å²) in [7, 11) is 0. The standard InChI is InChI=1S/C12H11ClN2O2S/c1-8-11(13)6-15(14-8)5-10-4-9(7-18-10)2-3-12(16)17/h2-4,6-7H,5H2,1H3,(H,16,17). The van der Waals surface area contributed by atoms with Gasteiger partial charge in [-0.25, -0.2) is 4.79 Å². The maximum atomic E-state index is 10.4. The van der Waals surface area contributed by atoms with Crippen molar-refractivity contribution in [1.29, 1.82) is 0 Å². The van der Waals surface area contributed by atoms with Gasteiger partial charge >= 0.3 is 5.97 Å². The summed E-state index contributed by atoms with van der Waals surface area (Å²) in [5, 5.41) is 15.4. The SMILES string of the molecule is Cc1nn(Cc2cc(C=CC(=O)O)cs2)cc1Cl. The van der Waals surface area contributed by atoms with Gasteiger partial charge in [0.05, 0.1) is 17.3 Å². The van der Waals surface area contributed by atoms with Gasteiger partial charge < -0.3 is 5.11 Å². The molecule has 0 atom stereocenters. The minimum atomic E-state index is -0.947. The van der Waals surface area contributed by atoms with Crippen molar-refractivity contribution in [2.75, 3.05) is 0 Å². The van der Waals surface area contributed by atoms with Crippen LogP contribution in [0.2, 0.25) is 5.02 Å². The Kier molecular flexibility index (Phi) is 3.84. The molecule has 0 aliphatic heterocycles. The highest BCUT2D eigenvalue weighted by Crippen LogP contribution is 2.19. The van der Waals surface area contributed by atoms with E-state index in [2.05, 4.69) is 5.10 Å². The molecule has 1 N–H and O–H groups in total. The third-order valence-electron chi connectivity index (χ3n) is 2.30. The van der Waals surface area contributed by atoms with Crippen molar-refractivity contribution >= 4 is 35.0 Å². The van der Waals surface area contributed by atoms with Crippen LogP contribution in [0.5, 0.6) is 0 Å². The number of aryl methyl sites for hydroxylation is 1. The summed E-state index contributed by atoms with van der Waals surface area (Å²) in [5.41, 5.74) is 1.69. The predicted octanol–water partition coefficient (Wildman–Crippen LogP) is 3.05. The predicted molar refractivity (Wildman–Crippen MR) is 72.1 cm³/mol. The molecule has 0 amide bonds. The van der Waals surface area contributed by atoms with Crippen LogP contribution in [0.15, 0.2) is 23.7 Å². The number of aromatic nitrogens is 2. The molecule has 2 heterocycles. The number of carbonyl (C=O) groups is 1. The fourth-order valence-corrected chi connectivity index (χ4v) is 2.47. The summed E-state index contributed by atoms with van der Waals surface area (Å²) >= 11 is 7.49. The van der Waals surface area contributed by atoms with Crippen LogP contribution in [0.1, 0.15) is 16.1 Å². The zero-order valence-corrected chi connectivity index (χ0v) is 11.2. The van der Waals surface area contributed by atoms with E-state index in [4.69, 9.17) is 16.7 Å². The summed E-state index contributed by atoms with van der Waals surface area (Å²) in [5.74, 6) is -0.947. The molecule has 2 rings (SSSR count). The van der Waals surface area contributed by atoms with E-state index in [9.17, 15) is 4.79 Å². The van der Waals surface area contributed by atoms with E-state index in [1.807, 2.05) is 18.4 Å². The molecule has 0 unspecified atom stereocenters. The van der Waals surface area contributed by atoms with Crippen molar-refractivity contribution in [3.63, 3.8) is 0 Å². The molecule has 0 aromatic carbocycles. The number of thiophene rings is 1. The molecule has 0 aliphatic rings. The van der Waals surface area contributed by atoms with E-state index in [-0.39, 0.29) is 0 Å². The second-order valence-electron chi connectivity index (χ2n) is 3.78. The van der Waals surface area contributed by atoms with Gasteiger partial charge in [0, 0.05) is 17.2 Å². The van der Waals surface area contributed by atoms with Crippen LogP contribution < -0.4 is 0 Å². The minimum absolute atomic E-state index is 0.638. The van der Waals surface area contributed by atoms with Gasteiger partial charge in [-0.05, 0) is 30.0 Å². The van der Waals surface area contributed by atoms with E-state index < -0.39 is 5.97 Å². The first kappa shape index (κ1) is 12.9. The summed E-state index contributed by atoms with van der Waals surface area (Å²) in [6, 6.07) is 1.94. The zero-order chi connectivity index (χ0) is 13.1. The Bertz CT molecular complexity index is 581. The number of hydrogen-bond acceptors (Lipinski definition) is 3. The lowest BCUT2D eigenvalue weighted by atomic mass is 10.3. The molecule has 18 heavy (non-hydrogen) atoms. The Balaban J connectivity index is 2.09.